The van der Waals surface area contributed by atoms with E-state index in [1.54, 1.807) is 0 Å². The number of epoxide rings is 2. The van der Waals surface area contributed by atoms with Crippen LogP contribution in [0.5, 0.6) is 11.5 Å². The van der Waals surface area contributed by atoms with Crippen LogP contribution in [0.25, 0.3) is 43.6 Å². The van der Waals surface area contributed by atoms with Crippen LogP contribution in [-0.2, 0) is 9.47 Å². The van der Waals surface area contributed by atoms with Crippen LogP contribution in [0.1, 0.15) is 0 Å². The summed E-state index contributed by atoms with van der Waals surface area (Å²) in [4.78, 5) is 0. The van der Waals surface area contributed by atoms with Gasteiger partial charge in [0, 0.05) is 21.9 Å². The molecular weight excluding hydrogens is 416 g/mol. The summed E-state index contributed by atoms with van der Waals surface area (Å²) >= 11 is 0. The molecule has 164 valence electrons. The van der Waals surface area contributed by atoms with E-state index in [9.17, 15) is 0 Å². The zero-order chi connectivity index (χ0) is 21.8. The number of para-hydroxylation sites is 1. The van der Waals surface area contributed by atoms with Crippen LogP contribution in [0.3, 0.4) is 0 Å². The number of hydrogen-bond donors (Lipinski definition) is 0. The van der Waals surface area contributed by atoms with Gasteiger partial charge in [-0.15, -0.1) is 0 Å². The van der Waals surface area contributed by atoms with E-state index in [1.807, 2.05) is 30.5 Å². The molecule has 0 spiro atoms. The van der Waals surface area contributed by atoms with Gasteiger partial charge in [-0.1, -0.05) is 42.5 Å². The second kappa shape index (κ2) is 7.51. The lowest BCUT2D eigenvalue weighted by atomic mass is 9.94. The summed E-state index contributed by atoms with van der Waals surface area (Å²) in [6.07, 6.45) is 2.27. The lowest BCUT2D eigenvalue weighted by Gasteiger charge is -2.12. The molecule has 0 amide bonds. The summed E-state index contributed by atoms with van der Waals surface area (Å²) in [7, 11) is 0. The fourth-order valence-corrected chi connectivity index (χ4v) is 4.51. The summed E-state index contributed by atoms with van der Waals surface area (Å²) in [5.41, 5.74) is 2.92. The maximum absolute atomic E-state index is 6.22. The van der Waals surface area contributed by atoms with E-state index in [-0.39, 0.29) is 12.2 Å². The largest absolute Gasteiger partial charge is 0.491 e. The van der Waals surface area contributed by atoms with Crippen molar-refractivity contribution in [3.63, 3.8) is 0 Å². The molecule has 0 aliphatic carbocycles. The van der Waals surface area contributed by atoms with Gasteiger partial charge in [0.05, 0.1) is 19.5 Å². The Balaban J connectivity index is 1.42. The van der Waals surface area contributed by atoms with Gasteiger partial charge in [-0.25, -0.2) is 0 Å². The first-order valence-electron chi connectivity index (χ1n) is 11.3. The Morgan fingerprint density at radius 3 is 2.24 bits per heavy atom. The predicted molar refractivity (Wildman–Crippen MR) is 127 cm³/mol. The molecular formula is C28H22O5. The summed E-state index contributed by atoms with van der Waals surface area (Å²) < 4.78 is 28.9. The van der Waals surface area contributed by atoms with Crippen LogP contribution < -0.4 is 9.47 Å². The van der Waals surface area contributed by atoms with Gasteiger partial charge >= 0.3 is 0 Å². The van der Waals surface area contributed by atoms with Crippen molar-refractivity contribution < 1.29 is 23.4 Å². The summed E-state index contributed by atoms with van der Waals surface area (Å²) in [6, 6.07) is 22.8. The SMILES string of the molecule is c1ccc(-c2coc3c4ccc(OCC5CO5)cc4c4ccccc4c23)c(OCC2CO2)c1. The van der Waals surface area contributed by atoms with E-state index in [0.29, 0.717) is 13.2 Å². The lowest BCUT2D eigenvalue weighted by Crippen LogP contribution is -2.04. The number of ether oxygens (including phenoxy) is 4. The average molecular weight is 438 g/mol. The van der Waals surface area contributed by atoms with Gasteiger partial charge in [-0.2, -0.15) is 0 Å². The van der Waals surface area contributed by atoms with Crippen molar-refractivity contribution in [3.8, 4) is 22.6 Å². The second-order valence-electron chi connectivity index (χ2n) is 8.64. The fraction of sp³-hybridized carbons (Fsp3) is 0.214. The number of rotatable bonds is 7. The van der Waals surface area contributed by atoms with Crippen LogP contribution in [0.2, 0.25) is 0 Å². The highest BCUT2D eigenvalue weighted by atomic mass is 16.6. The van der Waals surface area contributed by atoms with Crippen molar-refractivity contribution >= 4 is 32.5 Å². The monoisotopic (exact) mass is 438 g/mol. The van der Waals surface area contributed by atoms with Gasteiger partial charge in [0.15, 0.2) is 0 Å². The molecule has 2 atom stereocenters. The smallest absolute Gasteiger partial charge is 0.142 e. The lowest BCUT2D eigenvalue weighted by molar-refractivity contribution is 0.263. The Kier molecular flexibility index (Phi) is 4.32. The molecule has 5 heteroatoms. The van der Waals surface area contributed by atoms with E-state index in [2.05, 4.69) is 42.5 Å². The van der Waals surface area contributed by atoms with Gasteiger partial charge < -0.3 is 23.4 Å². The highest BCUT2D eigenvalue weighted by Crippen LogP contribution is 2.44. The number of benzene rings is 4. The topological polar surface area (TPSA) is 56.7 Å². The van der Waals surface area contributed by atoms with Crippen molar-refractivity contribution in [2.45, 2.75) is 12.2 Å². The molecule has 2 saturated heterocycles. The fourth-order valence-electron chi connectivity index (χ4n) is 4.51. The van der Waals surface area contributed by atoms with Gasteiger partial charge in [0.1, 0.15) is 42.5 Å². The Bertz CT molecular complexity index is 1490. The van der Waals surface area contributed by atoms with Crippen LogP contribution in [-0.4, -0.2) is 38.6 Å². The molecule has 33 heavy (non-hydrogen) atoms. The molecule has 2 aliphatic heterocycles. The predicted octanol–water partition coefficient (Wildman–Crippen LogP) is 5.96. The van der Waals surface area contributed by atoms with E-state index in [4.69, 9.17) is 23.4 Å². The molecule has 0 bridgehead atoms. The van der Waals surface area contributed by atoms with E-state index in [0.717, 1.165) is 63.0 Å². The third-order valence-electron chi connectivity index (χ3n) is 6.36. The molecule has 7 rings (SSSR count). The molecule has 2 fully saturated rings. The van der Waals surface area contributed by atoms with Crippen molar-refractivity contribution in [3.05, 3.63) is 73.0 Å². The van der Waals surface area contributed by atoms with Crippen molar-refractivity contribution in [1.29, 1.82) is 0 Å². The second-order valence-corrected chi connectivity index (χ2v) is 8.64. The average Bonchev–Trinajstić information content (AvgIpc) is 3.80. The van der Waals surface area contributed by atoms with Crippen LogP contribution >= 0.6 is 0 Å². The van der Waals surface area contributed by atoms with Crippen molar-refractivity contribution in [2.24, 2.45) is 0 Å². The molecule has 0 saturated carbocycles. The maximum atomic E-state index is 6.22. The summed E-state index contributed by atoms with van der Waals surface area (Å²) in [5.74, 6) is 1.68. The van der Waals surface area contributed by atoms with Crippen LogP contribution in [0.4, 0.5) is 0 Å². The Hall–Kier alpha value is -3.54. The zero-order valence-electron chi connectivity index (χ0n) is 18.0. The standard InChI is InChI=1S/C28H22O5/c1-2-7-22-20(5-1)24-11-17(29-12-18-13-30-18)9-10-23(24)28-27(22)25(16-33-28)21-6-3-4-8-26(21)32-15-19-14-31-19/h1-11,16,18-19H,12-15H2. The molecule has 4 aromatic carbocycles. The Morgan fingerprint density at radius 2 is 1.42 bits per heavy atom. The minimum atomic E-state index is 0.201. The van der Waals surface area contributed by atoms with Gasteiger partial charge in [0.2, 0.25) is 0 Å². The minimum Gasteiger partial charge on any atom is -0.491 e. The molecule has 5 nitrogen and oxygen atoms in total. The molecule has 3 heterocycles. The van der Waals surface area contributed by atoms with Crippen molar-refractivity contribution in [1.82, 2.24) is 0 Å². The number of hydrogen-bond acceptors (Lipinski definition) is 5. The third kappa shape index (κ3) is 3.41. The molecule has 0 radical (unpaired) electrons. The first-order valence-corrected chi connectivity index (χ1v) is 11.3. The summed E-state index contributed by atoms with van der Waals surface area (Å²) in [5, 5.41) is 5.59. The van der Waals surface area contributed by atoms with Gasteiger partial charge in [0.25, 0.3) is 0 Å². The van der Waals surface area contributed by atoms with E-state index < -0.39 is 0 Å². The van der Waals surface area contributed by atoms with E-state index >= 15 is 0 Å². The quantitative estimate of drug-likeness (QED) is 0.232. The van der Waals surface area contributed by atoms with Gasteiger partial charge in [-0.3, -0.25) is 0 Å². The van der Waals surface area contributed by atoms with Gasteiger partial charge in [-0.05, 0) is 40.4 Å². The van der Waals surface area contributed by atoms with Crippen LogP contribution in [0.15, 0.2) is 77.4 Å². The van der Waals surface area contributed by atoms with Crippen LogP contribution in [0, 0.1) is 0 Å². The molecule has 5 aromatic rings. The minimum absolute atomic E-state index is 0.201. The zero-order valence-corrected chi connectivity index (χ0v) is 18.0. The number of furan rings is 1. The normalized spacial score (nSPS) is 19.3. The third-order valence-corrected chi connectivity index (χ3v) is 6.36. The first kappa shape index (κ1) is 19.0. The Morgan fingerprint density at radius 1 is 0.697 bits per heavy atom. The highest BCUT2D eigenvalue weighted by Gasteiger charge is 2.25. The number of fused-ring (bicyclic) bond motifs is 6. The van der Waals surface area contributed by atoms with Crippen molar-refractivity contribution in [2.75, 3.05) is 26.4 Å². The Labute approximate surface area is 190 Å². The summed E-state index contributed by atoms with van der Waals surface area (Å²) in [6.45, 7) is 2.70. The highest BCUT2D eigenvalue weighted by molar-refractivity contribution is 6.27. The molecule has 0 N–H and O–H groups in total. The maximum Gasteiger partial charge on any atom is 0.142 e. The first-order chi connectivity index (χ1) is 16.3. The molecule has 1 aromatic heterocycles. The molecule has 2 unspecified atom stereocenters. The van der Waals surface area contributed by atoms with E-state index in [1.165, 1.54) is 5.39 Å². The molecule has 2 aliphatic rings.